The van der Waals surface area contributed by atoms with Crippen LogP contribution in [-0.4, -0.2) is 0 Å². The lowest BCUT2D eigenvalue weighted by Crippen LogP contribution is -2.01. The molecule has 0 spiro atoms. The number of hydrogen-bond acceptors (Lipinski definition) is 4. The minimum Gasteiger partial charge on any atom is -0.399 e. The van der Waals surface area contributed by atoms with Crippen molar-refractivity contribution in [2.75, 3.05) is 11.1 Å². The van der Waals surface area contributed by atoms with Crippen molar-refractivity contribution in [3.8, 4) is 12.1 Å². The molecule has 0 heterocycles. The van der Waals surface area contributed by atoms with Gasteiger partial charge in [0.1, 0.15) is 6.07 Å². The van der Waals surface area contributed by atoms with E-state index < -0.39 is 0 Å². The van der Waals surface area contributed by atoms with Gasteiger partial charge in [-0.25, -0.2) is 0 Å². The van der Waals surface area contributed by atoms with Crippen LogP contribution < -0.4 is 11.1 Å². The quantitative estimate of drug-likeness (QED) is 0.817. The second-order valence-electron chi connectivity index (χ2n) is 4.08. The standard InChI is InChI=1S/C15H12N4/c16-8-11-1-3-12(4-2-11)10-19-15-6-5-14(18)7-13(15)9-17/h1-7,19H,10,18H2. The van der Waals surface area contributed by atoms with Crippen molar-refractivity contribution in [1.29, 1.82) is 10.5 Å². The van der Waals surface area contributed by atoms with Crippen LogP contribution in [0.3, 0.4) is 0 Å². The van der Waals surface area contributed by atoms with Gasteiger partial charge in [-0.05, 0) is 35.9 Å². The average molecular weight is 248 g/mol. The molecule has 0 aliphatic carbocycles. The third kappa shape index (κ3) is 3.02. The molecule has 2 rings (SSSR count). The first-order valence-corrected chi connectivity index (χ1v) is 5.75. The highest BCUT2D eigenvalue weighted by Gasteiger charge is 2.02. The van der Waals surface area contributed by atoms with Gasteiger partial charge in [-0.2, -0.15) is 10.5 Å². The monoisotopic (exact) mass is 248 g/mol. The average Bonchev–Trinajstić information content (AvgIpc) is 2.46. The lowest BCUT2D eigenvalue weighted by atomic mass is 10.1. The molecule has 3 N–H and O–H groups in total. The summed E-state index contributed by atoms with van der Waals surface area (Å²) in [6.07, 6.45) is 0. The van der Waals surface area contributed by atoms with Crippen LogP contribution in [0.4, 0.5) is 11.4 Å². The molecule has 0 saturated heterocycles. The number of rotatable bonds is 3. The van der Waals surface area contributed by atoms with Gasteiger partial charge in [-0.1, -0.05) is 12.1 Å². The van der Waals surface area contributed by atoms with E-state index in [0.717, 1.165) is 11.3 Å². The number of hydrogen-bond donors (Lipinski definition) is 2. The summed E-state index contributed by atoms with van der Waals surface area (Å²) < 4.78 is 0. The van der Waals surface area contributed by atoms with E-state index in [2.05, 4.69) is 17.5 Å². The fraction of sp³-hybridized carbons (Fsp3) is 0.0667. The smallest absolute Gasteiger partial charge is 0.101 e. The molecule has 2 aromatic rings. The van der Waals surface area contributed by atoms with Gasteiger partial charge in [0.25, 0.3) is 0 Å². The maximum Gasteiger partial charge on any atom is 0.101 e. The molecule has 0 atom stereocenters. The van der Waals surface area contributed by atoms with Crippen molar-refractivity contribution in [3.05, 3.63) is 59.2 Å². The molecule has 0 aliphatic heterocycles. The minimum atomic E-state index is 0.522. The van der Waals surface area contributed by atoms with Crippen molar-refractivity contribution in [2.24, 2.45) is 0 Å². The van der Waals surface area contributed by atoms with E-state index >= 15 is 0 Å². The number of nitrogen functional groups attached to an aromatic ring is 1. The van der Waals surface area contributed by atoms with Gasteiger partial charge < -0.3 is 11.1 Å². The highest BCUT2D eigenvalue weighted by Crippen LogP contribution is 2.18. The Labute approximate surface area is 111 Å². The fourth-order valence-corrected chi connectivity index (χ4v) is 1.70. The van der Waals surface area contributed by atoms with Crippen LogP contribution in [0.1, 0.15) is 16.7 Å². The summed E-state index contributed by atoms with van der Waals surface area (Å²) in [4.78, 5) is 0. The Hall–Kier alpha value is -2.98. The molecular formula is C15H12N4. The topological polar surface area (TPSA) is 85.6 Å². The highest BCUT2D eigenvalue weighted by molar-refractivity contribution is 5.63. The van der Waals surface area contributed by atoms with Crippen LogP contribution in [-0.2, 0) is 6.54 Å². The molecule has 0 aliphatic rings. The van der Waals surface area contributed by atoms with Crippen molar-refractivity contribution in [1.82, 2.24) is 0 Å². The molecule has 2 aromatic carbocycles. The Kier molecular flexibility index (Phi) is 3.66. The summed E-state index contributed by atoms with van der Waals surface area (Å²) in [6.45, 7) is 0.588. The van der Waals surface area contributed by atoms with E-state index in [0.29, 0.717) is 23.4 Å². The number of benzene rings is 2. The second kappa shape index (κ2) is 5.57. The van der Waals surface area contributed by atoms with Gasteiger partial charge in [0.05, 0.1) is 22.9 Å². The zero-order valence-electron chi connectivity index (χ0n) is 10.2. The van der Waals surface area contributed by atoms with Gasteiger partial charge >= 0.3 is 0 Å². The summed E-state index contributed by atoms with van der Waals surface area (Å²) in [7, 11) is 0. The van der Waals surface area contributed by atoms with E-state index in [1.54, 1.807) is 30.3 Å². The lowest BCUT2D eigenvalue weighted by molar-refractivity contribution is 1.14. The van der Waals surface area contributed by atoms with Crippen molar-refractivity contribution in [2.45, 2.75) is 6.54 Å². The lowest BCUT2D eigenvalue weighted by Gasteiger charge is -2.09. The zero-order chi connectivity index (χ0) is 13.7. The van der Waals surface area contributed by atoms with Crippen LogP contribution in [0, 0.1) is 22.7 Å². The molecule has 0 fully saturated rings. The van der Waals surface area contributed by atoms with E-state index in [9.17, 15) is 0 Å². The van der Waals surface area contributed by atoms with E-state index in [-0.39, 0.29) is 0 Å². The molecule has 4 heteroatoms. The molecule has 0 unspecified atom stereocenters. The highest BCUT2D eigenvalue weighted by atomic mass is 14.9. The van der Waals surface area contributed by atoms with Crippen LogP contribution >= 0.6 is 0 Å². The summed E-state index contributed by atoms with van der Waals surface area (Å²) in [5, 5.41) is 20.9. The van der Waals surface area contributed by atoms with E-state index in [1.807, 2.05) is 12.1 Å². The molecule has 0 radical (unpaired) electrons. The summed E-state index contributed by atoms with van der Waals surface area (Å²) in [6, 6.07) is 16.7. The van der Waals surface area contributed by atoms with Crippen LogP contribution in [0.15, 0.2) is 42.5 Å². The van der Waals surface area contributed by atoms with E-state index in [4.69, 9.17) is 16.3 Å². The first-order chi connectivity index (χ1) is 9.22. The van der Waals surface area contributed by atoms with Gasteiger partial charge in [-0.3, -0.25) is 0 Å². The zero-order valence-corrected chi connectivity index (χ0v) is 10.2. The van der Waals surface area contributed by atoms with Crippen molar-refractivity contribution >= 4 is 11.4 Å². The van der Waals surface area contributed by atoms with Crippen LogP contribution in [0.25, 0.3) is 0 Å². The third-order valence-electron chi connectivity index (χ3n) is 2.73. The maximum atomic E-state index is 9.03. The molecular weight excluding hydrogens is 236 g/mol. The number of anilines is 2. The minimum absolute atomic E-state index is 0.522. The maximum absolute atomic E-state index is 9.03. The third-order valence-corrected chi connectivity index (χ3v) is 2.73. The Balaban J connectivity index is 2.10. The molecule has 0 bridgehead atoms. The number of nitrogens with two attached hydrogens (primary N) is 1. The Bertz CT molecular complexity index is 660. The number of nitrogens with zero attached hydrogens (tertiary/aromatic N) is 2. The summed E-state index contributed by atoms with van der Waals surface area (Å²) in [5.41, 5.74) is 9.15. The Morgan fingerprint density at radius 1 is 1.00 bits per heavy atom. The van der Waals surface area contributed by atoms with Gasteiger partial charge in [-0.15, -0.1) is 0 Å². The largest absolute Gasteiger partial charge is 0.399 e. The Morgan fingerprint density at radius 2 is 1.74 bits per heavy atom. The first-order valence-electron chi connectivity index (χ1n) is 5.75. The SMILES string of the molecule is N#Cc1ccc(CNc2ccc(N)cc2C#N)cc1. The number of nitriles is 2. The predicted molar refractivity (Wildman–Crippen MR) is 74.1 cm³/mol. The van der Waals surface area contributed by atoms with Crippen LogP contribution in [0.5, 0.6) is 0 Å². The predicted octanol–water partition coefficient (Wildman–Crippen LogP) is 2.62. The second-order valence-corrected chi connectivity index (χ2v) is 4.08. The molecule has 92 valence electrons. The fourth-order valence-electron chi connectivity index (χ4n) is 1.70. The summed E-state index contributed by atoms with van der Waals surface area (Å²) >= 11 is 0. The molecule has 0 saturated carbocycles. The first kappa shape index (κ1) is 12.5. The molecule has 19 heavy (non-hydrogen) atoms. The number of nitrogens with one attached hydrogen (secondary N) is 1. The van der Waals surface area contributed by atoms with Crippen molar-refractivity contribution in [3.63, 3.8) is 0 Å². The van der Waals surface area contributed by atoms with Crippen molar-refractivity contribution < 1.29 is 0 Å². The Morgan fingerprint density at radius 3 is 2.37 bits per heavy atom. The van der Waals surface area contributed by atoms with Gasteiger partial charge in [0.2, 0.25) is 0 Å². The molecule has 0 amide bonds. The normalized spacial score (nSPS) is 9.37. The molecule has 4 nitrogen and oxygen atoms in total. The van der Waals surface area contributed by atoms with Gasteiger partial charge in [0.15, 0.2) is 0 Å². The van der Waals surface area contributed by atoms with E-state index in [1.165, 1.54) is 0 Å². The van der Waals surface area contributed by atoms with Crippen LogP contribution in [0.2, 0.25) is 0 Å². The summed E-state index contributed by atoms with van der Waals surface area (Å²) in [5.74, 6) is 0. The molecule has 0 aromatic heterocycles. The van der Waals surface area contributed by atoms with Gasteiger partial charge in [0, 0.05) is 12.2 Å².